The number of hydrogen-bond acceptors (Lipinski definition) is 1. The number of aryl methyl sites for hydroxylation is 3. The van der Waals surface area contributed by atoms with Crippen LogP contribution < -0.4 is 5.32 Å². The molecule has 1 nitrogen and oxygen atoms in total. The molecule has 1 aromatic carbocycles. The Bertz CT molecular complexity index is 396. The van der Waals surface area contributed by atoms with Crippen LogP contribution in [-0.4, -0.2) is 6.04 Å². The average molecular weight is 215 g/mol. The van der Waals surface area contributed by atoms with Gasteiger partial charge >= 0.3 is 0 Å². The van der Waals surface area contributed by atoms with E-state index in [1.54, 1.807) is 0 Å². The van der Waals surface area contributed by atoms with Crippen LogP contribution in [-0.2, 0) is 6.54 Å². The summed E-state index contributed by atoms with van der Waals surface area (Å²) in [5.74, 6) is 0. The molecule has 0 heterocycles. The van der Waals surface area contributed by atoms with Gasteiger partial charge in [0.2, 0.25) is 0 Å². The monoisotopic (exact) mass is 215 g/mol. The van der Waals surface area contributed by atoms with Crippen molar-refractivity contribution in [1.29, 1.82) is 0 Å². The summed E-state index contributed by atoms with van der Waals surface area (Å²) < 4.78 is 0. The topological polar surface area (TPSA) is 12.0 Å². The lowest BCUT2D eigenvalue weighted by Crippen LogP contribution is -2.26. The van der Waals surface area contributed by atoms with E-state index < -0.39 is 0 Å². The molecule has 1 heteroatoms. The van der Waals surface area contributed by atoms with Crippen LogP contribution in [0.5, 0.6) is 0 Å². The number of hydrogen-bond donors (Lipinski definition) is 1. The van der Waals surface area contributed by atoms with Crippen LogP contribution in [0.1, 0.15) is 35.1 Å². The largest absolute Gasteiger partial charge is 0.309 e. The van der Waals surface area contributed by atoms with E-state index >= 15 is 0 Å². The van der Waals surface area contributed by atoms with Crippen molar-refractivity contribution >= 4 is 0 Å². The fraction of sp³-hybridized carbons (Fsp3) is 0.467. The van der Waals surface area contributed by atoms with E-state index in [0.717, 1.165) is 6.54 Å². The summed E-state index contributed by atoms with van der Waals surface area (Å²) in [6, 6.07) is 5.26. The standard InChI is InChI=1S/C15H21N/c1-11-8-13(3)14(9-12(11)2)10-16-15-6-4-5-7-15/h4-5,8-9,15-16H,6-7,10H2,1-3H3. The van der Waals surface area contributed by atoms with Crippen LogP contribution in [0, 0.1) is 20.8 Å². The van der Waals surface area contributed by atoms with E-state index in [-0.39, 0.29) is 0 Å². The first kappa shape index (κ1) is 11.4. The van der Waals surface area contributed by atoms with E-state index in [4.69, 9.17) is 0 Å². The quantitative estimate of drug-likeness (QED) is 0.762. The lowest BCUT2D eigenvalue weighted by atomic mass is 10.0. The maximum Gasteiger partial charge on any atom is 0.0211 e. The molecule has 86 valence electrons. The van der Waals surface area contributed by atoms with Crippen molar-refractivity contribution in [1.82, 2.24) is 5.32 Å². The maximum atomic E-state index is 3.62. The first-order chi connectivity index (χ1) is 7.66. The predicted molar refractivity (Wildman–Crippen MR) is 69.7 cm³/mol. The summed E-state index contributed by atoms with van der Waals surface area (Å²) in [4.78, 5) is 0. The molecule has 0 aliphatic heterocycles. The Morgan fingerprint density at radius 1 is 1.00 bits per heavy atom. The van der Waals surface area contributed by atoms with Crippen LogP contribution in [0.25, 0.3) is 0 Å². The highest BCUT2D eigenvalue weighted by atomic mass is 14.9. The van der Waals surface area contributed by atoms with E-state index in [0.29, 0.717) is 6.04 Å². The van der Waals surface area contributed by atoms with Gasteiger partial charge in [-0.3, -0.25) is 0 Å². The van der Waals surface area contributed by atoms with Crippen molar-refractivity contribution in [2.75, 3.05) is 0 Å². The first-order valence-electron chi connectivity index (χ1n) is 6.12. The van der Waals surface area contributed by atoms with Crippen LogP contribution in [0.2, 0.25) is 0 Å². The molecule has 0 amide bonds. The molecule has 16 heavy (non-hydrogen) atoms. The molecule has 1 aliphatic carbocycles. The second-order valence-corrected chi connectivity index (χ2v) is 4.88. The zero-order valence-corrected chi connectivity index (χ0v) is 10.5. The molecule has 0 spiro atoms. The molecule has 1 N–H and O–H groups in total. The molecule has 0 saturated heterocycles. The number of rotatable bonds is 3. The van der Waals surface area contributed by atoms with E-state index in [2.05, 4.69) is 50.4 Å². The summed E-state index contributed by atoms with van der Waals surface area (Å²) in [5.41, 5.74) is 5.63. The minimum absolute atomic E-state index is 0.654. The fourth-order valence-electron chi connectivity index (χ4n) is 2.25. The highest BCUT2D eigenvalue weighted by Crippen LogP contribution is 2.16. The second kappa shape index (κ2) is 4.84. The molecule has 0 bridgehead atoms. The van der Waals surface area contributed by atoms with Gasteiger partial charge in [0.25, 0.3) is 0 Å². The molecule has 0 unspecified atom stereocenters. The molecule has 1 aliphatic rings. The zero-order chi connectivity index (χ0) is 11.5. The molecular formula is C15H21N. The van der Waals surface area contributed by atoms with Gasteiger partial charge in [-0.2, -0.15) is 0 Å². The summed E-state index contributed by atoms with van der Waals surface area (Å²) >= 11 is 0. The maximum absolute atomic E-state index is 3.62. The van der Waals surface area contributed by atoms with Gasteiger partial charge in [0.1, 0.15) is 0 Å². The molecule has 2 rings (SSSR count). The van der Waals surface area contributed by atoms with Gasteiger partial charge in [-0.25, -0.2) is 0 Å². The fourth-order valence-corrected chi connectivity index (χ4v) is 2.25. The highest BCUT2D eigenvalue weighted by molar-refractivity contribution is 5.36. The first-order valence-corrected chi connectivity index (χ1v) is 6.12. The summed E-state index contributed by atoms with van der Waals surface area (Å²) in [5, 5.41) is 3.62. The minimum atomic E-state index is 0.654. The van der Waals surface area contributed by atoms with E-state index in [1.807, 2.05) is 0 Å². The summed E-state index contributed by atoms with van der Waals surface area (Å²) in [6.45, 7) is 7.57. The van der Waals surface area contributed by atoms with Gasteiger partial charge in [0, 0.05) is 12.6 Å². The van der Waals surface area contributed by atoms with Crippen molar-refractivity contribution in [2.24, 2.45) is 0 Å². The smallest absolute Gasteiger partial charge is 0.0211 e. The third-order valence-corrected chi connectivity index (χ3v) is 3.54. The third-order valence-electron chi connectivity index (χ3n) is 3.54. The van der Waals surface area contributed by atoms with Crippen LogP contribution in [0.15, 0.2) is 24.3 Å². The predicted octanol–water partition coefficient (Wildman–Crippen LogP) is 3.42. The van der Waals surface area contributed by atoms with Crippen LogP contribution >= 0.6 is 0 Å². The SMILES string of the molecule is Cc1cc(C)c(CNC2CC=CC2)cc1C. The second-order valence-electron chi connectivity index (χ2n) is 4.88. The van der Waals surface area contributed by atoms with E-state index in [1.165, 1.54) is 35.1 Å². The Kier molecular flexibility index (Phi) is 3.45. The van der Waals surface area contributed by atoms with Crippen LogP contribution in [0.3, 0.4) is 0 Å². The molecule has 0 fully saturated rings. The Morgan fingerprint density at radius 2 is 1.62 bits per heavy atom. The summed E-state index contributed by atoms with van der Waals surface area (Å²) in [7, 11) is 0. The van der Waals surface area contributed by atoms with Gasteiger partial charge in [0.15, 0.2) is 0 Å². The van der Waals surface area contributed by atoms with Gasteiger partial charge in [0.05, 0.1) is 0 Å². The molecule has 1 aromatic rings. The Labute approximate surface area is 98.6 Å². The van der Waals surface area contributed by atoms with Crippen LogP contribution in [0.4, 0.5) is 0 Å². The van der Waals surface area contributed by atoms with Gasteiger partial charge in [-0.15, -0.1) is 0 Å². The van der Waals surface area contributed by atoms with Gasteiger partial charge in [-0.1, -0.05) is 24.3 Å². The molecule has 0 radical (unpaired) electrons. The van der Waals surface area contributed by atoms with Crippen molar-refractivity contribution in [2.45, 2.75) is 46.2 Å². The van der Waals surface area contributed by atoms with Crippen molar-refractivity contribution < 1.29 is 0 Å². The molecule has 0 atom stereocenters. The Morgan fingerprint density at radius 3 is 2.31 bits per heavy atom. The van der Waals surface area contributed by atoms with Crippen molar-refractivity contribution in [3.8, 4) is 0 Å². The minimum Gasteiger partial charge on any atom is -0.309 e. The zero-order valence-electron chi connectivity index (χ0n) is 10.5. The third kappa shape index (κ3) is 2.53. The normalized spacial score (nSPS) is 15.9. The summed E-state index contributed by atoms with van der Waals surface area (Å²) in [6.07, 6.45) is 6.91. The van der Waals surface area contributed by atoms with E-state index in [9.17, 15) is 0 Å². The lowest BCUT2D eigenvalue weighted by Gasteiger charge is -2.15. The lowest BCUT2D eigenvalue weighted by molar-refractivity contribution is 0.537. The van der Waals surface area contributed by atoms with Gasteiger partial charge < -0.3 is 5.32 Å². The Hall–Kier alpha value is -1.08. The average Bonchev–Trinajstić information content (AvgIpc) is 2.74. The van der Waals surface area contributed by atoms with Gasteiger partial charge in [-0.05, 0) is 55.9 Å². The number of nitrogens with one attached hydrogen (secondary N) is 1. The van der Waals surface area contributed by atoms with Crippen molar-refractivity contribution in [3.05, 3.63) is 46.5 Å². The molecule has 0 saturated carbocycles. The molecular weight excluding hydrogens is 194 g/mol. The Balaban J connectivity index is 2.00. The van der Waals surface area contributed by atoms with Crippen molar-refractivity contribution in [3.63, 3.8) is 0 Å². The number of benzene rings is 1. The molecule has 0 aromatic heterocycles. The highest BCUT2D eigenvalue weighted by Gasteiger charge is 2.10.